The molecule has 2 heterocycles. The van der Waals surface area contributed by atoms with Gasteiger partial charge in [-0.25, -0.2) is 4.98 Å². The number of aromatic nitrogens is 1. The van der Waals surface area contributed by atoms with Crippen LogP contribution in [0.2, 0.25) is 0 Å². The van der Waals surface area contributed by atoms with Crippen LogP contribution in [0.1, 0.15) is 18.9 Å². The lowest BCUT2D eigenvalue weighted by atomic mass is 10.2. The molecule has 1 saturated heterocycles. The quantitative estimate of drug-likeness (QED) is 0.731. The Kier molecular flexibility index (Phi) is 3.36. The molecule has 0 bridgehead atoms. The third kappa shape index (κ3) is 2.36. The molecule has 0 spiro atoms. The van der Waals surface area contributed by atoms with Crippen molar-refractivity contribution in [3.63, 3.8) is 0 Å². The highest BCUT2D eigenvalue weighted by Gasteiger charge is 2.29. The Labute approximate surface area is 107 Å². The molecule has 0 saturated carbocycles. The van der Waals surface area contributed by atoms with Crippen molar-refractivity contribution in [2.45, 2.75) is 31.1 Å². The number of rotatable bonds is 1. The van der Waals surface area contributed by atoms with Crippen LogP contribution in [0, 0.1) is 6.92 Å². The molecule has 1 aliphatic rings. The van der Waals surface area contributed by atoms with Crippen molar-refractivity contribution in [3.05, 3.63) is 22.3 Å². The molecule has 82 valence electrons. The SMILES string of the molecule is Cc1cnc(N2CC(Br)CC2C)c(Br)c1. The first-order valence-corrected chi connectivity index (χ1v) is 6.81. The first-order valence-electron chi connectivity index (χ1n) is 5.11. The van der Waals surface area contributed by atoms with E-state index in [0.717, 1.165) is 16.8 Å². The standard InChI is InChI=1S/C11H14Br2N2/c1-7-3-10(13)11(14-5-7)15-6-9(12)4-8(15)2/h3,5,8-9H,4,6H2,1-2H3. The zero-order valence-electron chi connectivity index (χ0n) is 8.87. The summed E-state index contributed by atoms with van der Waals surface area (Å²) in [5, 5.41) is 0. The average molecular weight is 334 g/mol. The van der Waals surface area contributed by atoms with Gasteiger partial charge < -0.3 is 4.90 Å². The maximum absolute atomic E-state index is 4.50. The molecule has 0 radical (unpaired) electrons. The second kappa shape index (κ2) is 4.42. The summed E-state index contributed by atoms with van der Waals surface area (Å²) >= 11 is 7.26. The summed E-state index contributed by atoms with van der Waals surface area (Å²) in [4.78, 5) is 7.44. The van der Waals surface area contributed by atoms with Crippen LogP contribution in [0.25, 0.3) is 0 Å². The minimum atomic E-state index is 0.556. The molecule has 2 atom stereocenters. The minimum Gasteiger partial charge on any atom is -0.352 e. The van der Waals surface area contributed by atoms with E-state index < -0.39 is 0 Å². The van der Waals surface area contributed by atoms with Gasteiger partial charge >= 0.3 is 0 Å². The lowest BCUT2D eigenvalue weighted by Gasteiger charge is -2.23. The molecule has 1 aliphatic heterocycles. The fraction of sp³-hybridized carbons (Fsp3) is 0.545. The summed E-state index contributed by atoms with van der Waals surface area (Å²) in [7, 11) is 0. The smallest absolute Gasteiger partial charge is 0.143 e. The number of anilines is 1. The third-order valence-corrected chi connectivity index (χ3v) is 4.00. The van der Waals surface area contributed by atoms with Gasteiger partial charge in [0, 0.05) is 23.6 Å². The molecule has 0 N–H and O–H groups in total. The summed E-state index contributed by atoms with van der Waals surface area (Å²) in [6, 6.07) is 2.68. The second-order valence-electron chi connectivity index (χ2n) is 4.15. The number of hydrogen-bond donors (Lipinski definition) is 0. The second-order valence-corrected chi connectivity index (χ2v) is 6.30. The number of hydrogen-bond acceptors (Lipinski definition) is 2. The Morgan fingerprint density at radius 3 is 2.80 bits per heavy atom. The van der Waals surface area contributed by atoms with Crippen LogP contribution in [0.4, 0.5) is 5.82 Å². The molecule has 0 aromatic carbocycles. The van der Waals surface area contributed by atoms with Gasteiger partial charge in [0.05, 0.1) is 4.47 Å². The average Bonchev–Trinajstić information content (AvgIpc) is 2.45. The van der Waals surface area contributed by atoms with Crippen molar-refractivity contribution in [1.29, 1.82) is 0 Å². The number of halogens is 2. The molecular formula is C11H14Br2N2. The first-order chi connectivity index (χ1) is 7.08. The topological polar surface area (TPSA) is 16.1 Å². The normalized spacial score (nSPS) is 26.0. The predicted molar refractivity (Wildman–Crippen MR) is 70.8 cm³/mol. The molecule has 4 heteroatoms. The summed E-state index contributed by atoms with van der Waals surface area (Å²) in [6.07, 6.45) is 3.11. The van der Waals surface area contributed by atoms with E-state index in [-0.39, 0.29) is 0 Å². The number of nitrogens with zero attached hydrogens (tertiary/aromatic N) is 2. The van der Waals surface area contributed by atoms with Gasteiger partial charge in [0.2, 0.25) is 0 Å². The van der Waals surface area contributed by atoms with Gasteiger partial charge in [0.15, 0.2) is 0 Å². The monoisotopic (exact) mass is 332 g/mol. The van der Waals surface area contributed by atoms with E-state index in [2.05, 4.69) is 61.7 Å². The van der Waals surface area contributed by atoms with Gasteiger partial charge in [0.1, 0.15) is 5.82 Å². The van der Waals surface area contributed by atoms with Crippen LogP contribution in [0.15, 0.2) is 16.7 Å². The highest BCUT2D eigenvalue weighted by molar-refractivity contribution is 9.10. The van der Waals surface area contributed by atoms with Crippen LogP contribution >= 0.6 is 31.9 Å². The van der Waals surface area contributed by atoms with E-state index in [1.807, 2.05) is 6.20 Å². The Bertz CT molecular complexity index is 368. The van der Waals surface area contributed by atoms with Gasteiger partial charge in [-0.05, 0) is 47.8 Å². The zero-order chi connectivity index (χ0) is 11.0. The van der Waals surface area contributed by atoms with E-state index in [1.165, 1.54) is 12.0 Å². The Balaban J connectivity index is 2.29. The van der Waals surface area contributed by atoms with Gasteiger partial charge in [-0.1, -0.05) is 15.9 Å². The summed E-state index contributed by atoms with van der Waals surface area (Å²) < 4.78 is 1.09. The molecule has 2 unspecified atom stereocenters. The predicted octanol–water partition coefficient (Wildman–Crippen LogP) is 3.51. The number of pyridine rings is 1. The van der Waals surface area contributed by atoms with Crippen LogP contribution < -0.4 is 4.90 Å². The molecule has 0 aliphatic carbocycles. The summed E-state index contributed by atoms with van der Waals surface area (Å²) in [5.74, 6) is 1.06. The van der Waals surface area contributed by atoms with Crippen molar-refractivity contribution in [2.75, 3.05) is 11.4 Å². The fourth-order valence-electron chi connectivity index (χ4n) is 2.00. The maximum atomic E-state index is 4.50. The van der Waals surface area contributed by atoms with E-state index in [4.69, 9.17) is 0 Å². The molecule has 1 aromatic heterocycles. The number of alkyl halides is 1. The van der Waals surface area contributed by atoms with Gasteiger partial charge in [-0.2, -0.15) is 0 Å². The maximum Gasteiger partial charge on any atom is 0.143 e. The van der Waals surface area contributed by atoms with E-state index in [1.54, 1.807) is 0 Å². The van der Waals surface area contributed by atoms with E-state index >= 15 is 0 Å². The number of aryl methyl sites for hydroxylation is 1. The highest BCUT2D eigenvalue weighted by atomic mass is 79.9. The lowest BCUT2D eigenvalue weighted by Crippen LogP contribution is -2.28. The lowest BCUT2D eigenvalue weighted by molar-refractivity contribution is 0.728. The van der Waals surface area contributed by atoms with Crippen molar-refractivity contribution in [2.24, 2.45) is 0 Å². The Morgan fingerprint density at radius 2 is 2.27 bits per heavy atom. The molecule has 0 amide bonds. The Hall–Kier alpha value is -0.0900. The van der Waals surface area contributed by atoms with E-state index in [0.29, 0.717) is 10.9 Å². The molecule has 15 heavy (non-hydrogen) atoms. The van der Waals surface area contributed by atoms with Gasteiger partial charge in [-0.3, -0.25) is 0 Å². The summed E-state index contributed by atoms with van der Waals surface area (Å²) in [5.41, 5.74) is 1.19. The van der Waals surface area contributed by atoms with Crippen LogP contribution in [-0.4, -0.2) is 22.4 Å². The van der Waals surface area contributed by atoms with Crippen molar-refractivity contribution < 1.29 is 0 Å². The minimum absolute atomic E-state index is 0.556. The van der Waals surface area contributed by atoms with Crippen LogP contribution in [0.5, 0.6) is 0 Å². The first kappa shape index (κ1) is 11.4. The van der Waals surface area contributed by atoms with E-state index in [9.17, 15) is 0 Å². The van der Waals surface area contributed by atoms with Crippen LogP contribution in [0.3, 0.4) is 0 Å². The molecule has 1 fully saturated rings. The molecule has 1 aromatic rings. The van der Waals surface area contributed by atoms with Gasteiger partial charge in [0.25, 0.3) is 0 Å². The van der Waals surface area contributed by atoms with Crippen molar-refractivity contribution in [3.8, 4) is 0 Å². The third-order valence-electron chi connectivity index (χ3n) is 2.75. The zero-order valence-corrected chi connectivity index (χ0v) is 12.0. The van der Waals surface area contributed by atoms with Gasteiger partial charge in [-0.15, -0.1) is 0 Å². The van der Waals surface area contributed by atoms with Crippen LogP contribution in [-0.2, 0) is 0 Å². The summed E-state index contributed by atoms with van der Waals surface area (Å²) in [6.45, 7) is 5.34. The van der Waals surface area contributed by atoms with Crippen molar-refractivity contribution in [1.82, 2.24) is 4.98 Å². The largest absolute Gasteiger partial charge is 0.352 e. The molecular weight excluding hydrogens is 320 g/mol. The highest BCUT2D eigenvalue weighted by Crippen LogP contribution is 2.32. The molecule has 2 rings (SSSR count). The Morgan fingerprint density at radius 1 is 1.53 bits per heavy atom. The fourth-order valence-corrected chi connectivity index (χ4v) is 3.54. The molecule has 2 nitrogen and oxygen atoms in total. The van der Waals surface area contributed by atoms with Crippen molar-refractivity contribution >= 4 is 37.7 Å².